The van der Waals surface area contributed by atoms with Crippen LogP contribution in [-0.4, -0.2) is 89.5 Å². The van der Waals surface area contributed by atoms with Crippen molar-refractivity contribution in [3.05, 3.63) is 23.9 Å². The zero-order chi connectivity index (χ0) is 36.0. The van der Waals surface area contributed by atoms with E-state index in [0.717, 1.165) is 0 Å². The second-order valence-electron chi connectivity index (χ2n) is 14.7. The highest BCUT2D eigenvalue weighted by Crippen LogP contribution is 2.45. The molecule has 3 fully saturated rings. The van der Waals surface area contributed by atoms with Crippen molar-refractivity contribution in [2.75, 3.05) is 11.9 Å². The number of sulfonamides is 1. The molecule has 0 bridgehead atoms. The Morgan fingerprint density at radius 1 is 1.08 bits per heavy atom. The third-order valence-corrected chi connectivity index (χ3v) is 10.3. The third-order valence-electron chi connectivity index (χ3n) is 8.52. The summed E-state index contributed by atoms with van der Waals surface area (Å²) < 4.78 is 43.3. The van der Waals surface area contributed by atoms with Crippen LogP contribution in [0.15, 0.2) is 17.2 Å². The van der Waals surface area contributed by atoms with E-state index in [9.17, 15) is 32.4 Å². The Hall–Kier alpha value is -4.15. The van der Waals surface area contributed by atoms with E-state index >= 15 is 0 Å². The zero-order valence-electron chi connectivity index (χ0n) is 28.6. The van der Waals surface area contributed by atoms with Crippen molar-refractivity contribution >= 4 is 45.8 Å². The first-order chi connectivity index (χ1) is 22.1. The quantitative estimate of drug-likeness (QED) is 0.261. The molecule has 48 heavy (non-hydrogen) atoms. The number of likely N-dealkylation sites (tertiary alicyclic amines) is 1. The van der Waals surface area contributed by atoms with Crippen LogP contribution in [0.3, 0.4) is 0 Å². The second kappa shape index (κ2) is 13.0. The van der Waals surface area contributed by atoms with Crippen LogP contribution in [0.2, 0.25) is 0 Å². The summed E-state index contributed by atoms with van der Waals surface area (Å²) >= 11 is 0. The Balaban J connectivity index is 1.59. The molecule has 5 atom stereocenters. The molecule has 1 aliphatic heterocycles. The normalized spacial score (nSPS) is 24.6. The van der Waals surface area contributed by atoms with Crippen LogP contribution in [0.4, 0.5) is 15.5 Å². The number of nitrogens with one attached hydrogen (secondary N) is 4. The average molecular weight is 695 g/mol. The first-order valence-corrected chi connectivity index (χ1v) is 17.3. The van der Waals surface area contributed by atoms with E-state index in [-0.39, 0.29) is 25.3 Å². The molecular weight excluding hydrogens is 648 g/mol. The van der Waals surface area contributed by atoms with Crippen LogP contribution in [0.5, 0.6) is 0 Å². The van der Waals surface area contributed by atoms with Crippen molar-refractivity contribution in [2.45, 2.75) is 116 Å². The van der Waals surface area contributed by atoms with Gasteiger partial charge < -0.3 is 29.5 Å². The van der Waals surface area contributed by atoms with E-state index in [1.54, 1.807) is 55.4 Å². The van der Waals surface area contributed by atoms with Crippen molar-refractivity contribution in [1.82, 2.24) is 25.4 Å². The van der Waals surface area contributed by atoms with Crippen LogP contribution < -0.4 is 20.7 Å². The maximum Gasteiger partial charge on any atom is 0.414 e. The molecule has 2 aliphatic carbocycles. The molecule has 16 nitrogen and oxygen atoms in total. The Bertz CT molecular complexity index is 1590. The number of rotatable bonds is 10. The van der Waals surface area contributed by atoms with Crippen LogP contribution in [0, 0.1) is 25.2 Å². The highest BCUT2D eigenvalue weighted by Gasteiger charge is 2.62. The number of hydrogen-bond acceptors (Lipinski definition) is 11. The van der Waals surface area contributed by atoms with E-state index in [1.807, 2.05) is 0 Å². The van der Waals surface area contributed by atoms with Crippen LogP contribution >= 0.6 is 0 Å². The SMILES string of the molecule is C=CC1CC1(NC(=O)[C@@H]1C[C@@H](OC(=O)Nc2onc(C)c2C)CN1C(=O)[C@@H](NC(=O)OC(C)(C)C)C(C)(C)C)C(=O)NS(=O)(=O)C1CC1. The van der Waals surface area contributed by atoms with Gasteiger partial charge in [-0.15, -0.1) is 6.58 Å². The van der Waals surface area contributed by atoms with E-state index < -0.39 is 85.8 Å². The monoisotopic (exact) mass is 694 g/mol. The summed E-state index contributed by atoms with van der Waals surface area (Å²) in [4.78, 5) is 68.3. The summed E-state index contributed by atoms with van der Waals surface area (Å²) in [6.07, 6.45) is -0.512. The molecule has 1 aromatic heterocycles. The maximum absolute atomic E-state index is 14.2. The van der Waals surface area contributed by atoms with Gasteiger partial charge in [0.05, 0.1) is 17.5 Å². The number of alkyl carbamates (subject to hydrolysis) is 1. The predicted molar refractivity (Wildman–Crippen MR) is 172 cm³/mol. The minimum absolute atomic E-state index is 0.0744. The third kappa shape index (κ3) is 8.28. The molecule has 5 amide bonds. The van der Waals surface area contributed by atoms with Crippen molar-refractivity contribution in [3.8, 4) is 0 Å². The number of anilines is 1. The number of carbonyl (C=O) groups excluding carboxylic acids is 5. The van der Waals surface area contributed by atoms with Gasteiger partial charge in [-0.2, -0.15) is 0 Å². The first-order valence-electron chi connectivity index (χ1n) is 15.8. The maximum atomic E-state index is 14.2. The summed E-state index contributed by atoms with van der Waals surface area (Å²) in [5.74, 6) is -2.82. The standard InChI is InChI=1S/C31H46N6O10S/c1-10-18-14-31(18,26(40)36-48(43,44)20-11-12-20)34-23(38)21-13-19(45-27(41)33-24-16(2)17(3)35-47-24)15-37(21)25(39)22(29(4,5)6)32-28(42)46-30(7,8)9/h10,18-22H,1,11-15H2,2-9H3,(H,32,42)(H,33,41)(H,34,38)(H,36,40)/t18?,19-,21+,22-,31?/m1/s1. The lowest BCUT2D eigenvalue weighted by Gasteiger charge is -2.36. The minimum atomic E-state index is -3.92. The summed E-state index contributed by atoms with van der Waals surface area (Å²) in [5, 5.41) is 10.9. The smallest absolute Gasteiger partial charge is 0.414 e. The van der Waals surface area contributed by atoms with Gasteiger partial charge in [-0.25, -0.2) is 18.0 Å². The molecule has 0 radical (unpaired) electrons. The number of amides is 5. The number of carbonyl (C=O) groups is 5. The summed E-state index contributed by atoms with van der Waals surface area (Å²) in [6, 6.07) is -2.46. The lowest BCUT2D eigenvalue weighted by Crippen LogP contribution is -2.60. The molecule has 266 valence electrons. The Kier molecular flexibility index (Phi) is 9.97. The van der Waals surface area contributed by atoms with Gasteiger partial charge in [0, 0.05) is 17.9 Å². The van der Waals surface area contributed by atoms with Gasteiger partial charge in [0.2, 0.25) is 27.7 Å². The number of aromatic nitrogens is 1. The van der Waals surface area contributed by atoms with E-state index in [1.165, 1.54) is 11.0 Å². The highest BCUT2D eigenvalue weighted by atomic mass is 32.2. The Labute approximate surface area is 280 Å². The van der Waals surface area contributed by atoms with Gasteiger partial charge in [-0.05, 0) is 59.3 Å². The molecule has 17 heteroatoms. The van der Waals surface area contributed by atoms with Crippen LogP contribution in [0.25, 0.3) is 0 Å². The fourth-order valence-corrected chi connectivity index (χ4v) is 6.80. The Morgan fingerprint density at radius 3 is 2.23 bits per heavy atom. The van der Waals surface area contributed by atoms with Gasteiger partial charge in [-0.3, -0.25) is 24.4 Å². The predicted octanol–water partition coefficient (Wildman–Crippen LogP) is 2.42. The molecule has 2 heterocycles. The number of nitrogens with zero attached hydrogens (tertiary/aromatic N) is 2. The van der Waals surface area contributed by atoms with Gasteiger partial charge >= 0.3 is 12.2 Å². The van der Waals surface area contributed by atoms with Gasteiger partial charge in [-0.1, -0.05) is 32.0 Å². The van der Waals surface area contributed by atoms with E-state index in [2.05, 4.69) is 32.4 Å². The number of aryl methyl sites for hydroxylation is 1. The Morgan fingerprint density at radius 2 is 1.73 bits per heavy atom. The van der Waals surface area contributed by atoms with Crippen molar-refractivity contribution in [1.29, 1.82) is 0 Å². The largest absolute Gasteiger partial charge is 0.444 e. The molecule has 0 spiro atoms. The number of hydrogen-bond donors (Lipinski definition) is 4. The topological polar surface area (TPSA) is 215 Å². The van der Waals surface area contributed by atoms with Gasteiger partial charge in [0.1, 0.15) is 29.3 Å². The van der Waals surface area contributed by atoms with E-state index in [0.29, 0.717) is 24.1 Å². The van der Waals surface area contributed by atoms with Crippen LogP contribution in [-0.2, 0) is 33.9 Å². The lowest BCUT2D eigenvalue weighted by atomic mass is 9.85. The molecule has 4 N–H and O–H groups in total. The molecule has 2 unspecified atom stereocenters. The second-order valence-corrected chi connectivity index (χ2v) is 16.7. The molecule has 2 saturated carbocycles. The van der Waals surface area contributed by atoms with Crippen molar-refractivity contribution in [3.63, 3.8) is 0 Å². The van der Waals surface area contributed by atoms with Gasteiger partial charge in [0.15, 0.2) is 0 Å². The van der Waals surface area contributed by atoms with Gasteiger partial charge in [0.25, 0.3) is 5.91 Å². The molecular formula is C31H46N6O10S. The molecule has 1 saturated heterocycles. The fraction of sp³-hybridized carbons (Fsp3) is 0.677. The highest BCUT2D eigenvalue weighted by molar-refractivity contribution is 7.91. The zero-order valence-corrected chi connectivity index (χ0v) is 29.4. The average Bonchev–Trinajstić information content (AvgIpc) is 3.86. The minimum Gasteiger partial charge on any atom is -0.444 e. The summed E-state index contributed by atoms with van der Waals surface area (Å²) in [6.45, 7) is 17.0. The summed E-state index contributed by atoms with van der Waals surface area (Å²) in [7, 11) is -3.92. The van der Waals surface area contributed by atoms with Crippen LogP contribution in [0.1, 0.15) is 78.5 Å². The summed E-state index contributed by atoms with van der Waals surface area (Å²) in [5.41, 5.74) is -2.18. The lowest BCUT2D eigenvalue weighted by molar-refractivity contribution is -0.143. The molecule has 4 rings (SSSR count). The van der Waals surface area contributed by atoms with Crippen molar-refractivity contribution in [2.24, 2.45) is 11.3 Å². The molecule has 3 aliphatic rings. The molecule has 1 aromatic rings. The molecule has 0 aromatic carbocycles. The fourth-order valence-electron chi connectivity index (χ4n) is 5.44. The van der Waals surface area contributed by atoms with Crippen molar-refractivity contribution < 1.29 is 46.4 Å². The van der Waals surface area contributed by atoms with E-state index in [4.69, 9.17) is 14.0 Å². The first kappa shape index (κ1) is 36.7. The number of ether oxygens (including phenoxy) is 2.